The average Bonchev–Trinajstić information content (AvgIpc) is 2.73. The van der Waals surface area contributed by atoms with Crippen molar-refractivity contribution in [1.29, 1.82) is 0 Å². The molecule has 1 aromatic carbocycles. The fourth-order valence-electron chi connectivity index (χ4n) is 1.55. The van der Waals surface area contributed by atoms with Crippen molar-refractivity contribution in [3.63, 3.8) is 0 Å². The van der Waals surface area contributed by atoms with Crippen molar-refractivity contribution in [3.8, 4) is 5.75 Å². The number of ether oxygens (including phenoxy) is 1. The van der Waals surface area contributed by atoms with Crippen molar-refractivity contribution >= 4 is 22.9 Å². The van der Waals surface area contributed by atoms with Crippen LogP contribution in [0.2, 0.25) is 5.02 Å². The molecule has 0 amide bonds. The number of aryl methyl sites for hydroxylation is 1. The summed E-state index contributed by atoms with van der Waals surface area (Å²) in [6.45, 7) is 2.52. The van der Waals surface area contributed by atoms with Gasteiger partial charge in [-0.2, -0.15) is 0 Å². The summed E-state index contributed by atoms with van der Waals surface area (Å²) in [7, 11) is 0. The standard InChI is InChI=1S/C13H14ClNOS/c1-9-5-6-13(17-9)12(8-15)16-11-4-2-3-10(14)7-11/h2-7,12H,8,15H2,1H3. The maximum absolute atomic E-state index is 5.91. The largest absolute Gasteiger partial charge is 0.484 e. The SMILES string of the molecule is Cc1ccc(C(CN)Oc2cccc(Cl)c2)s1. The number of hydrogen-bond donors (Lipinski definition) is 1. The van der Waals surface area contributed by atoms with Gasteiger partial charge in [0, 0.05) is 21.3 Å². The van der Waals surface area contributed by atoms with Gasteiger partial charge >= 0.3 is 0 Å². The summed E-state index contributed by atoms with van der Waals surface area (Å²) in [4.78, 5) is 2.40. The zero-order chi connectivity index (χ0) is 12.3. The first kappa shape index (κ1) is 12.4. The van der Waals surface area contributed by atoms with E-state index in [-0.39, 0.29) is 6.10 Å². The average molecular weight is 268 g/mol. The van der Waals surface area contributed by atoms with E-state index in [1.54, 1.807) is 17.4 Å². The summed E-state index contributed by atoms with van der Waals surface area (Å²) in [5.74, 6) is 0.749. The van der Waals surface area contributed by atoms with Gasteiger partial charge in [0.1, 0.15) is 11.9 Å². The molecule has 0 saturated carbocycles. The van der Waals surface area contributed by atoms with Crippen molar-refractivity contribution in [2.45, 2.75) is 13.0 Å². The van der Waals surface area contributed by atoms with Gasteiger partial charge in [0.05, 0.1) is 0 Å². The molecule has 2 N–H and O–H groups in total. The molecule has 0 saturated heterocycles. The normalized spacial score (nSPS) is 12.4. The minimum Gasteiger partial charge on any atom is -0.484 e. The lowest BCUT2D eigenvalue weighted by atomic mass is 10.2. The van der Waals surface area contributed by atoms with E-state index in [4.69, 9.17) is 22.1 Å². The third-order valence-electron chi connectivity index (χ3n) is 2.37. The lowest BCUT2D eigenvalue weighted by Gasteiger charge is -2.16. The minimum atomic E-state index is -0.104. The summed E-state index contributed by atoms with van der Waals surface area (Å²) in [6.07, 6.45) is -0.104. The van der Waals surface area contributed by atoms with Crippen molar-refractivity contribution in [2.75, 3.05) is 6.54 Å². The van der Waals surface area contributed by atoms with Crippen molar-refractivity contribution < 1.29 is 4.74 Å². The van der Waals surface area contributed by atoms with Gasteiger partial charge in [-0.05, 0) is 37.3 Å². The number of hydrogen-bond acceptors (Lipinski definition) is 3. The van der Waals surface area contributed by atoms with Gasteiger partial charge in [-0.15, -0.1) is 11.3 Å². The minimum absolute atomic E-state index is 0.104. The van der Waals surface area contributed by atoms with E-state index in [0.717, 1.165) is 10.6 Å². The maximum Gasteiger partial charge on any atom is 0.145 e. The topological polar surface area (TPSA) is 35.2 Å². The Kier molecular flexibility index (Phi) is 4.05. The van der Waals surface area contributed by atoms with E-state index in [1.165, 1.54) is 4.88 Å². The quantitative estimate of drug-likeness (QED) is 0.915. The van der Waals surface area contributed by atoms with E-state index in [1.807, 2.05) is 18.2 Å². The predicted molar refractivity (Wildman–Crippen MR) is 72.9 cm³/mol. The third-order valence-corrected chi connectivity index (χ3v) is 3.69. The molecule has 1 atom stereocenters. The smallest absolute Gasteiger partial charge is 0.145 e. The van der Waals surface area contributed by atoms with Gasteiger partial charge in [-0.1, -0.05) is 17.7 Å². The molecule has 90 valence electrons. The number of benzene rings is 1. The molecule has 2 aromatic rings. The van der Waals surface area contributed by atoms with Crippen LogP contribution in [0, 0.1) is 6.92 Å². The van der Waals surface area contributed by atoms with E-state index in [9.17, 15) is 0 Å². The highest BCUT2D eigenvalue weighted by Gasteiger charge is 2.13. The van der Waals surface area contributed by atoms with E-state index >= 15 is 0 Å². The van der Waals surface area contributed by atoms with Crippen molar-refractivity contribution in [1.82, 2.24) is 0 Å². The Morgan fingerprint density at radius 2 is 2.18 bits per heavy atom. The summed E-state index contributed by atoms with van der Waals surface area (Å²) in [6, 6.07) is 11.5. The van der Waals surface area contributed by atoms with Crippen LogP contribution in [-0.2, 0) is 0 Å². The molecule has 1 aromatic heterocycles. The van der Waals surface area contributed by atoms with Crippen LogP contribution in [-0.4, -0.2) is 6.54 Å². The zero-order valence-corrected chi connectivity index (χ0v) is 11.1. The van der Waals surface area contributed by atoms with Crippen LogP contribution in [0.15, 0.2) is 36.4 Å². The Morgan fingerprint density at radius 1 is 1.35 bits per heavy atom. The lowest BCUT2D eigenvalue weighted by Crippen LogP contribution is -2.17. The fourth-order valence-corrected chi connectivity index (χ4v) is 2.65. The molecule has 17 heavy (non-hydrogen) atoms. The highest BCUT2D eigenvalue weighted by Crippen LogP contribution is 2.28. The molecule has 2 rings (SSSR count). The first-order valence-corrected chi connectivity index (χ1v) is 6.57. The predicted octanol–water partition coefficient (Wildman–Crippen LogP) is 3.79. The number of halogens is 1. The van der Waals surface area contributed by atoms with Crippen LogP contribution < -0.4 is 10.5 Å². The number of nitrogens with two attached hydrogens (primary N) is 1. The Labute approximate surface area is 110 Å². The summed E-state index contributed by atoms with van der Waals surface area (Å²) in [5, 5.41) is 0.667. The molecule has 1 heterocycles. The second-order valence-corrected chi connectivity index (χ2v) is 5.50. The molecule has 0 spiro atoms. The zero-order valence-electron chi connectivity index (χ0n) is 9.52. The molecule has 0 aliphatic carbocycles. The van der Waals surface area contributed by atoms with Crippen LogP contribution in [0.4, 0.5) is 0 Å². The van der Waals surface area contributed by atoms with Gasteiger partial charge in [-0.25, -0.2) is 0 Å². The van der Waals surface area contributed by atoms with Crippen LogP contribution in [0.25, 0.3) is 0 Å². The number of thiophene rings is 1. The molecule has 0 aliphatic rings. The Morgan fingerprint density at radius 3 is 2.76 bits per heavy atom. The second-order valence-electron chi connectivity index (χ2n) is 3.75. The molecular weight excluding hydrogens is 254 g/mol. The van der Waals surface area contributed by atoms with Crippen LogP contribution in [0.3, 0.4) is 0 Å². The Bertz CT molecular complexity index is 498. The van der Waals surface area contributed by atoms with Crippen LogP contribution in [0.1, 0.15) is 15.9 Å². The Hall–Kier alpha value is -1.03. The first-order chi connectivity index (χ1) is 8.19. The molecule has 2 nitrogen and oxygen atoms in total. The van der Waals surface area contributed by atoms with Gasteiger partial charge in [-0.3, -0.25) is 0 Å². The first-order valence-electron chi connectivity index (χ1n) is 5.37. The lowest BCUT2D eigenvalue weighted by molar-refractivity contribution is 0.218. The molecule has 1 unspecified atom stereocenters. The van der Waals surface area contributed by atoms with Crippen molar-refractivity contribution in [2.24, 2.45) is 5.73 Å². The summed E-state index contributed by atoms with van der Waals surface area (Å²) < 4.78 is 5.84. The van der Waals surface area contributed by atoms with Crippen LogP contribution in [0.5, 0.6) is 5.75 Å². The van der Waals surface area contributed by atoms with E-state index in [2.05, 4.69) is 19.1 Å². The third kappa shape index (κ3) is 3.22. The molecule has 0 radical (unpaired) electrons. The van der Waals surface area contributed by atoms with Gasteiger partial charge in [0.15, 0.2) is 0 Å². The molecule has 0 bridgehead atoms. The van der Waals surface area contributed by atoms with Gasteiger partial charge in [0.25, 0.3) is 0 Å². The van der Waals surface area contributed by atoms with Crippen LogP contribution >= 0.6 is 22.9 Å². The highest BCUT2D eigenvalue weighted by atomic mass is 35.5. The second kappa shape index (κ2) is 5.54. The number of rotatable bonds is 4. The Balaban J connectivity index is 2.15. The fraction of sp³-hybridized carbons (Fsp3) is 0.231. The van der Waals surface area contributed by atoms with E-state index in [0.29, 0.717) is 11.6 Å². The molecule has 4 heteroatoms. The molecule has 0 aliphatic heterocycles. The summed E-state index contributed by atoms with van der Waals surface area (Å²) in [5.41, 5.74) is 5.75. The monoisotopic (exact) mass is 267 g/mol. The van der Waals surface area contributed by atoms with E-state index < -0.39 is 0 Å². The molecule has 0 fully saturated rings. The highest BCUT2D eigenvalue weighted by molar-refractivity contribution is 7.12. The van der Waals surface area contributed by atoms with Crippen molar-refractivity contribution in [3.05, 3.63) is 51.2 Å². The van der Waals surface area contributed by atoms with Gasteiger partial charge in [0.2, 0.25) is 0 Å². The molecular formula is C13H14ClNOS. The summed E-state index contributed by atoms with van der Waals surface area (Å²) >= 11 is 7.62. The van der Waals surface area contributed by atoms with Gasteiger partial charge < -0.3 is 10.5 Å². The maximum atomic E-state index is 5.91.